The van der Waals surface area contributed by atoms with E-state index >= 15 is 0 Å². The molecule has 0 saturated carbocycles. The van der Waals surface area contributed by atoms with Gasteiger partial charge in [-0.05, 0) is 108 Å². The minimum atomic E-state index is -0.996. The number of ether oxygens (including phenoxy) is 1. The molecule has 0 aromatic heterocycles. The van der Waals surface area contributed by atoms with Crippen LogP contribution < -0.4 is 4.74 Å². The van der Waals surface area contributed by atoms with Gasteiger partial charge in [0.1, 0.15) is 23.0 Å². The SMILES string of the molecule is O=C(O)c1c(I)c(I)c(I)c(I)c1C1c2ccc(O)cc2Oc2cc(O)ccc21. The van der Waals surface area contributed by atoms with Crippen LogP contribution in [0.5, 0.6) is 23.0 Å². The van der Waals surface area contributed by atoms with Crippen molar-refractivity contribution in [2.24, 2.45) is 0 Å². The Morgan fingerprint density at radius 3 is 1.76 bits per heavy atom. The molecule has 3 N–H and O–H groups in total. The number of carboxylic acids is 1. The van der Waals surface area contributed by atoms with E-state index in [1.54, 1.807) is 24.3 Å². The fourth-order valence-corrected chi connectivity index (χ4v) is 7.20. The fourth-order valence-electron chi connectivity index (χ4n) is 3.43. The molecule has 0 aliphatic carbocycles. The number of rotatable bonds is 2. The Hall–Kier alpha value is -0.550. The van der Waals surface area contributed by atoms with E-state index in [4.69, 9.17) is 4.74 Å². The summed E-state index contributed by atoms with van der Waals surface area (Å²) >= 11 is 8.71. The summed E-state index contributed by atoms with van der Waals surface area (Å²) < 4.78 is 9.37. The molecule has 3 aromatic rings. The van der Waals surface area contributed by atoms with E-state index in [0.29, 0.717) is 20.6 Å². The Labute approximate surface area is 220 Å². The zero-order chi connectivity index (χ0) is 21.0. The average Bonchev–Trinajstić information content (AvgIpc) is 2.66. The van der Waals surface area contributed by atoms with Gasteiger partial charge < -0.3 is 20.1 Å². The Morgan fingerprint density at radius 2 is 1.28 bits per heavy atom. The lowest BCUT2D eigenvalue weighted by Gasteiger charge is -2.31. The van der Waals surface area contributed by atoms with Crippen molar-refractivity contribution in [1.29, 1.82) is 0 Å². The molecule has 0 spiro atoms. The van der Waals surface area contributed by atoms with E-state index in [9.17, 15) is 20.1 Å². The maximum atomic E-state index is 12.3. The van der Waals surface area contributed by atoms with Gasteiger partial charge in [0.05, 0.1) is 5.56 Å². The van der Waals surface area contributed by atoms with Gasteiger partial charge in [-0.2, -0.15) is 0 Å². The third kappa shape index (κ3) is 3.69. The highest BCUT2D eigenvalue weighted by molar-refractivity contribution is 14.1. The highest BCUT2D eigenvalue weighted by Gasteiger charge is 2.36. The Morgan fingerprint density at radius 1 is 0.793 bits per heavy atom. The van der Waals surface area contributed by atoms with Crippen molar-refractivity contribution in [3.8, 4) is 23.0 Å². The predicted molar refractivity (Wildman–Crippen MR) is 142 cm³/mol. The number of phenolic OH excluding ortho intramolecular Hbond substituents is 2. The number of phenols is 2. The first kappa shape index (κ1) is 21.7. The van der Waals surface area contributed by atoms with Crippen LogP contribution >= 0.6 is 90.4 Å². The summed E-state index contributed by atoms with van der Waals surface area (Å²) in [4.78, 5) is 12.3. The number of benzene rings is 3. The maximum absolute atomic E-state index is 12.3. The molecule has 0 unspecified atom stereocenters. The molecule has 0 amide bonds. The monoisotopic (exact) mass is 838 g/mol. The van der Waals surface area contributed by atoms with E-state index in [1.807, 2.05) is 0 Å². The van der Waals surface area contributed by atoms with Gasteiger partial charge in [-0.1, -0.05) is 12.1 Å². The van der Waals surface area contributed by atoms with Crippen molar-refractivity contribution in [3.05, 3.63) is 72.9 Å². The number of carbonyl (C=O) groups is 1. The Balaban J connectivity index is 2.13. The van der Waals surface area contributed by atoms with Crippen LogP contribution in [0.2, 0.25) is 0 Å². The first-order chi connectivity index (χ1) is 13.7. The quantitative estimate of drug-likeness (QED) is 0.122. The van der Waals surface area contributed by atoms with E-state index in [0.717, 1.165) is 21.8 Å². The second-order valence-electron chi connectivity index (χ2n) is 6.33. The summed E-state index contributed by atoms with van der Waals surface area (Å²) in [5.74, 6) is -0.458. The normalized spacial score (nSPS) is 12.8. The summed E-state index contributed by atoms with van der Waals surface area (Å²) in [6.07, 6.45) is 0. The third-order valence-corrected chi connectivity index (χ3v) is 12.1. The van der Waals surface area contributed by atoms with Gasteiger partial charge in [0.15, 0.2) is 0 Å². The van der Waals surface area contributed by atoms with E-state index in [2.05, 4.69) is 90.4 Å². The molecule has 29 heavy (non-hydrogen) atoms. The Bertz CT molecular complexity index is 1140. The minimum absolute atomic E-state index is 0.0472. The number of hydrogen-bond acceptors (Lipinski definition) is 4. The van der Waals surface area contributed by atoms with Crippen LogP contribution in [0.4, 0.5) is 0 Å². The first-order valence-electron chi connectivity index (χ1n) is 8.13. The molecule has 0 fully saturated rings. The van der Waals surface area contributed by atoms with Crippen LogP contribution in [0, 0.1) is 14.3 Å². The van der Waals surface area contributed by atoms with Crippen LogP contribution in [-0.2, 0) is 0 Å². The van der Waals surface area contributed by atoms with Crippen LogP contribution in [0.25, 0.3) is 0 Å². The van der Waals surface area contributed by atoms with Crippen molar-refractivity contribution < 1.29 is 24.9 Å². The molecular formula is C20H10I4O5. The lowest BCUT2D eigenvalue weighted by molar-refractivity contribution is 0.0694. The lowest BCUT2D eigenvalue weighted by Crippen LogP contribution is -2.19. The third-order valence-electron chi connectivity index (χ3n) is 4.64. The molecule has 1 aliphatic rings. The molecule has 0 saturated heterocycles. The summed E-state index contributed by atoms with van der Waals surface area (Å²) in [6, 6.07) is 9.65. The molecule has 0 atom stereocenters. The zero-order valence-electron chi connectivity index (χ0n) is 14.2. The van der Waals surface area contributed by atoms with E-state index in [1.165, 1.54) is 12.1 Å². The highest BCUT2D eigenvalue weighted by atomic mass is 127. The molecule has 1 heterocycles. The van der Waals surface area contributed by atoms with Gasteiger partial charge in [-0.25, -0.2) is 4.79 Å². The second kappa shape index (κ2) is 8.18. The van der Waals surface area contributed by atoms with Gasteiger partial charge in [-0.3, -0.25) is 0 Å². The summed E-state index contributed by atoms with van der Waals surface area (Å²) in [5.41, 5.74) is 2.45. The number of aromatic hydroxyl groups is 2. The maximum Gasteiger partial charge on any atom is 0.337 e. The average molecular weight is 838 g/mol. The van der Waals surface area contributed by atoms with Gasteiger partial charge in [-0.15, -0.1) is 0 Å². The standard InChI is InChI=1S/C20H10I4O5/c21-16-14(15(20(27)28)17(22)19(24)18(16)23)13-9-3-1-7(25)5-11(9)29-12-6-8(26)2-4-10(12)13/h1-6,13,25-26H,(H,27,28). The van der Waals surface area contributed by atoms with Crippen molar-refractivity contribution in [2.45, 2.75) is 5.92 Å². The van der Waals surface area contributed by atoms with Crippen molar-refractivity contribution in [2.75, 3.05) is 0 Å². The minimum Gasteiger partial charge on any atom is -0.508 e. The van der Waals surface area contributed by atoms with Crippen molar-refractivity contribution >= 4 is 96.3 Å². The lowest BCUT2D eigenvalue weighted by atomic mass is 9.80. The molecule has 0 radical (unpaired) electrons. The number of aromatic carboxylic acids is 1. The van der Waals surface area contributed by atoms with E-state index < -0.39 is 11.9 Å². The topological polar surface area (TPSA) is 87.0 Å². The predicted octanol–water partition coefficient (Wildman–Crippen LogP) is 6.50. The van der Waals surface area contributed by atoms with Crippen molar-refractivity contribution in [1.82, 2.24) is 0 Å². The van der Waals surface area contributed by atoms with Gasteiger partial charge >= 0.3 is 5.97 Å². The van der Waals surface area contributed by atoms with E-state index in [-0.39, 0.29) is 17.1 Å². The van der Waals surface area contributed by atoms with Crippen LogP contribution in [-0.4, -0.2) is 21.3 Å². The van der Waals surface area contributed by atoms with Gasteiger partial charge in [0.25, 0.3) is 0 Å². The molecule has 4 rings (SSSR count). The molecule has 1 aliphatic heterocycles. The van der Waals surface area contributed by atoms with Crippen LogP contribution in [0.15, 0.2) is 36.4 Å². The van der Waals surface area contributed by atoms with Crippen LogP contribution in [0.3, 0.4) is 0 Å². The van der Waals surface area contributed by atoms with Crippen molar-refractivity contribution in [3.63, 3.8) is 0 Å². The molecular weight excluding hydrogens is 828 g/mol. The van der Waals surface area contributed by atoms with Gasteiger partial charge in [0, 0.05) is 43.5 Å². The number of fused-ring (bicyclic) bond motifs is 2. The smallest absolute Gasteiger partial charge is 0.337 e. The largest absolute Gasteiger partial charge is 0.508 e. The molecule has 0 bridgehead atoms. The number of carboxylic acid groups (broad SMARTS) is 1. The molecule has 5 nitrogen and oxygen atoms in total. The molecule has 9 heteroatoms. The second-order valence-corrected chi connectivity index (χ2v) is 10.6. The molecule has 148 valence electrons. The zero-order valence-corrected chi connectivity index (χ0v) is 22.8. The fraction of sp³-hybridized carbons (Fsp3) is 0.0500. The summed E-state index contributed by atoms with van der Waals surface area (Å²) in [5, 5.41) is 30.0. The van der Waals surface area contributed by atoms with Crippen LogP contribution in [0.1, 0.15) is 33.0 Å². The number of hydrogen-bond donors (Lipinski definition) is 3. The molecule has 3 aromatic carbocycles. The van der Waals surface area contributed by atoms with Gasteiger partial charge in [0.2, 0.25) is 0 Å². The summed E-state index contributed by atoms with van der Waals surface area (Å²) in [6.45, 7) is 0. The highest BCUT2D eigenvalue weighted by Crippen LogP contribution is 2.51. The summed E-state index contributed by atoms with van der Waals surface area (Å²) in [7, 11) is 0. The number of halogens is 4. The first-order valence-corrected chi connectivity index (χ1v) is 12.4. The Kier molecular flexibility index (Phi) is 6.11.